The highest BCUT2D eigenvalue weighted by atomic mass is 19.4. The summed E-state index contributed by atoms with van der Waals surface area (Å²) in [6, 6.07) is 5.58. The Labute approximate surface area is 192 Å². The molecule has 0 radical (unpaired) electrons. The summed E-state index contributed by atoms with van der Waals surface area (Å²) in [6.07, 6.45) is -1.59. The van der Waals surface area contributed by atoms with Crippen molar-refractivity contribution in [2.75, 3.05) is 37.6 Å². The minimum absolute atomic E-state index is 0.256. The number of piperazine rings is 1. The molecule has 3 heterocycles. The van der Waals surface area contributed by atoms with Crippen LogP contribution in [-0.2, 0) is 15.1 Å². The van der Waals surface area contributed by atoms with Crippen LogP contribution in [0.15, 0.2) is 42.7 Å². The molecule has 1 aromatic carbocycles. The van der Waals surface area contributed by atoms with E-state index in [1.54, 1.807) is 23.4 Å². The summed E-state index contributed by atoms with van der Waals surface area (Å²) in [4.78, 5) is 51.0. The minimum atomic E-state index is -4.85. The number of hydrogen-bond donors (Lipinski definition) is 1. The number of nitrogens with one attached hydrogen (secondary N) is 1. The number of aromatic nitrogens is 2. The van der Waals surface area contributed by atoms with Gasteiger partial charge >= 0.3 is 12.4 Å². The van der Waals surface area contributed by atoms with Gasteiger partial charge in [0.2, 0.25) is 11.9 Å². The van der Waals surface area contributed by atoms with Gasteiger partial charge in [0.1, 0.15) is 17.8 Å². The van der Waals surface area contributed by atoms with Gasteiger partial charge in [-0.1, -0.05) is 12.1 Å². The third kappa shape index (κ3) is 4.72. The third-order valence-electron chi connectivity index (χ3n) is 5.70. The Kier molecular flexibility index (Phi) is 6.02. The lowest BCUT2D eigenvalue weighted by Gasteiger charge is -2.35. The summed E-state index contributed by atoms with van der Waals surface area (Å²) in [5, 5.41) is 2.53. The molecule has 180 valence electrons. The van der Waals surface area contributed by atoms with Gasteiger partial charge in [0, 0.05) is 38.6 Å². The number of ether oxygens (including phenoxy) is 1. The first kappa shape index (κ1) is 23.3. The summed E-state index contributed by atoms with van der Waals surface area (Å²) in [6.45, 7) is 2.73. The fraction of sp³-hybridized carbons (Fsp3) is 0.381. The number of urea groups is 1. The van der Waals surface area contributed by atoms with Crippen LogP contribution in [0.4, 0.5) is 23.9 Å². The lowest BCUT2D eigenvalue weighted by atomic mass is 9.92. The molecular formula is C21H21F3N6O4. The Bertz CT molecular complexity index is 1070. The van der Waals surface area contributed by atoms with E-state index in [1.807, 2.05) is 4.90 Å². The van der Waals surface area contributed by atoms with Crippen molar-refractivity contribution in [3.8, 4) is 5.75 Å². The van der Waals surface area contributed by atoms with Gasteiger partial charge < -0.3 is 19.9 Å². The second kappa shape index (κ2) is 8.80. The maximum absolute atomic E-state index is 13.0. The molecular weight excluding hydrogens is 457 g/mol. The summed E-state index contributed by atoms with van der Waals surface area (Å²) in [5.74, 6) is -0.961. The molecule has 13 heteroatoms. The lowest BCUT2D eigenvalue weighted by Crippen LogP contribution is -2.52. The molecule has 2 aromatic rings. The van der Waals surface area contributed by atoms with Crippen molar-refractivity contribution in [2.24, 2.45) is 0 Å². The van der Waals surface area contributed by atoms with E-state index in [0.717, 1.165) is 17.0 Å². The number of nitrogens with zero attached hydrogens (tertiary/aromatic N) is 5. The third-order valence-corrected chi connectivity index (χ3v) is 5.70. The number of anilines is 1. The second-order valence-corrected chi connectivity index (χ2v) is 7.94. The topological polar surface area (TPSA) is 108 Å². The summed E-state index contributed by atoms with van der Waals surface area (Å²) >= 11 is 0. The number of halogens is 3. The molecule has 34 heavy (non-hydrogen) atoms. The van der Waals surface area contributed by atoms with E-state index in [-0.39, 0.29) is 5.56 Å². The number of rotatable bonds is 5. The molecule has 2 saturated heterocycles. The summed E-state index contributed by atoms with van der Waals surface area (Å²) < 4.78 is 41.0. The van der Waals surface area contributed by atoms with Crippen LogP contribution in [0, 0.1) is 0 Å². The molecule has 1 unspecified atom stereocenters. The Hall–Kier alpha value is -3.90. The summed E-state index contributed by atoms with van der Waals surface area (Å²) in [7, 11) is 0. The molecule has 4 rings (SSSR count). The van der Waals surface area contributed by atoms with Crippen LogP contribution in [-0.4, -0.2) is 76.7 Å². The van der Waals surface area contributed by atoms with Crippen LogP contribution < -0.4 is 15.0 Å². The van der Waals surface area contributed by atoms with Crippen molar-refractivity contribution in [3.63, 3.8) is 0 Å². The predicted molar refractivity (Wildman–Crippen MR) is 112 cm³/mol. The molecule has 2 aliphatic rings. The van der Waals surface area contributed by atoms with Crippen molar-refractivity contribution >= 4 is 23.8 Å². The van der Waals surface area contributed by atoms with Crippen LogP contribution in [0.5, 0.6) is 5.75 Å². The van der Waals surface area contributed by atoms with Crippen LogP contribution in [0.1, 0.15) is 12.5 Å². The van der Waals surface area contributed by atoms with Gasteiger partial charge in [0.25, 0.3) is 5.91 Å². The Morgan fingerprint density at radius 2 is 1.71 bits per heavy atom. The number of alkyl halides is 3. The van der Waals surface area contributed by atoms with E-state index in [4.69, 9.17) is 0 Å². The van der Waals surface area contributed by atoms with Gasteiger partial charge in [0.15, 0.2) is 0 Å². The highest BCUT2D eigenvalue weighted by Crippen LogP contribution is 2.31. The molecule has 1 atom stereocenters. The fourth-order valence-corrected chi connectivity index (χ4v) is 3.87. The van der Waals surface area contributed by atoms with E-state index in [1.165, 1.54) is 19.1 Å². The number of amides is 4. The molecule has 0 aliphatic carbocycles. The van der Waals surface area contributed by atoms with E-state index < -0.39 is 42.0 Å². The standard InChI is InChI=1S/C21H21F3N6O4/c1-20(14-3-5-15(6-4-14)34-21(22,23)24)17(32)30(19(33)27-20)13-16(31)28-9-11-29(12-10-28)18-25-7-2-8-26-18/h2-8H,9-13H2,1H3,(H,27,33). The summed E-state index contributed by atoms with van der Waals surface area (Å²) in [5.41, 5.74) is -1.27. The highest BCUT2D eigenvalue weighted by molar-refractivity contribution is 6.09. The molecule has 1 N–H and O–H groups in total. The van der Waals surface area contributed by atoms with Crippen LogP contribution in [0.2, 0.25) is 0 Å². The molecule has 2 aliphatic heterocycles. The molecule has 10 nitrogen and oxygen atoms in total. The molecule has 0 bridgehead atoms. The van der Waals surface area contributed by atoms with Gasteiger partial charge in [0.05, 0.1) is 0 Å². The quantitative estimate of drug-likeness (QED) is 0.649. The van der Waals surface area contributed by atoms with Gasteiger partial charge in [-0.2, -0.15) is 0 Å². The first-order chi connectivity index (χ1) is 16.1. The zero-order valence-electron chi connectivity index (χ0n) is 18.1. The first-order valence-corrected chi connectivity index (χ1v) is 10.4. The van der Waals surface area contributed by atoms with Gasteiger partial charge in [-0.3, -0.25) is 14.5 Å². The average Bonchev–Trinajstić information content (AvgIpc) is 3.03. The number of carbonyl (C=O) groups excluding carboxylic acids is 3. The SMILES string of the molecule is CC1(c2ccc(OC(F)(F)F)cc2)NC(=O)N(CC(=O)N2CCN(c3ncccn3)CC2)C1=O. The van der Waals surface area contributed by atoms with Gasteiger partial charge in [-0.05, 0) is 30.7 Å². The van der Waals surface area contributed by atoms with Crippen molar-refractivity contribution in [1.29, 1.82) is 0 Å². The largest absolute Gasteiger partial charge is 0.573 e. The van der Waals surface area contributed by atoms with Gasteiger partial charge in [-0.25, -0.2) is 14.8 Å². The predicted octanol–water partition coefficient (Wildman–Crippen LogP) is 1.49. The fourth-order valence-electron chi connectivity index (χ4n) is 3.87. The van der Waals surface area contributed by atoms with Crippen LogP contribution in [0.25, 0.3) is 0 Å². The van der Waals surface area contributed by atoms with E-state index in [2.05, 4.69) is 20.0 Å². The maximum Gasteiger partial charge on any atom is 0.573 e. The van der Waals surface area contributed by atoms with Crippen molar-refractivity contribution < 1.29 is 32.3 Å². The van der Waals surface area contributed by atoms with Crippen LogP contribution in [0.3, 0.4) is 0 Å². The molecule has 0 saturated carbocycles. The zero-order chi connectivity index (χ0) is 24.5. The van der Waals surface area contributed by atoms with E-state index >= 15 is 0 Å². The Morgan fingerprint density at radius 1 is 1.09 bits per heavy atom. The Balaban J connectivity index is 1.38. The number of hydrogen-bond acceptors (Lipinski definition) is 7. The zero-order valence-corrected chi connectivity index (χ0v) is 18.1. The maximum atomic E-state index is 13.0. The minimum Gasteiger partial charge on any atom is -0.406 e. The second-order valence-electron chi connectivity index (χ2n) is 7.94. The number of carbonyl (C=O) groups is 3. The smallest absolute Gasteiger partial charge is 0.406 e. The monoisotopic (exact) mass is 478 g/mol. The number of imide groups is 1. The van der Waals surface area contributed by atoms with E-state index in [9.17, 15) is 27.6 Å². The molecule has 0 spiro atoms. The average molecular weight is 478 g/mol. The highest BCUT2D eigenvalue weighted by Gasteiger charge is 2.50. The molecule has 1 aromatic heterocycles. The molecule has 2 fully saturated rings. The van der Waals surface area contributed by atoms with Gasteiger partial charge in [-0.15, -0.1) is 13.2 Å². The first-order valence-electron chi connectivity index (χ1n) is 10.4. The number of benzene rings is 1. The van der Waals surface area contributed by atoms with E-state index in [0.29, 0.717) is 32.1 Å². The normalized spacial score (nSPS) is 21.0. The van der Waals surface area contributed by atoms with Crippen molar-refractivity contribution in [2.45, 2.75) is 18.8 Å². The van der Waals surface area contributed by atoms with Crippen LogP contribution >= 0.6 is 0 Å². The van der Waals surface area contributed by atoms with Crippen molar-refractivity contribution in [3.05, 3.63) is 48.3 Å². The Morgan fingerprint density at radius 3 is 2.29 bits per heavy atom. The van der Waals surface area contributed by atoms with Crippen molar-refractivity contribution in [1.82, 2.24) is 25.1 Å². The molecule has 4 amide bonds. The lowest BCUT2D eigenvalue weighted by molar-refractivity contribution is -0.274.